The van der Waals surface area contributed by atoms with Gasteiger partial charge in [0.25, 0.3) is 0 Å². The van der Waals surface area contributed by atoms with Gasteiger partial charge in [-0.25, -0.2) is 4.98 Å². The number of aromatic amines is 1. The van der Waals surface area contributed by atoms with Gasteiger partial charge in [-0.2, -0.15) is 5.10 Å². The summed E-state index contributed by atoms with van der Waals surface area (Å²) in [5.74, 6) is 0.547. The molecule has 2 aromatic heterocycles. The number of thiazole rings is 1. The van der Waals surface area contributed by atoms with Gasteiger partial charge in [-0.05, 0) is 12.0 Å². The molecular formula is C15H16N4OS. The fourth-order valence-electron chi connectivity index (χ4n) is 2.06. The van der Waals surface area contributed by atoms with E-state index < -0.39 is 0 Å². The van der Waals surface area contributed by atoms with Crippen LogP contribution in [0.1, 0.15) is 5.56 Å². The molecule has 0 amide bonds. The summed E-state index contributed by atoms with van der Waals surface area (Å²) in [6.45, 7) is 0.736. The van der Waals surface area contributed by atoms with Crippen LogP contribution in [0, 0.1) is 0 Å². The number of hydrogen-bond donors (Lipinski definition) is 2. The predicted molar refractivity (Wildman–Crippen MR) is 85.1 cm³/mol. The number of ether oxygens (including phenoxy) is 1. The van der Waals surface area contributed by atoms with Gasteiger partial charge < -0.3 is 10.5 Å². The van der Waals surface area contributed by atoms with E-state index in [1.165, 1.54) is 5.56 Å². The maximum atomic E-state index is 5.82. The number of H-pyrrole nitrogens is 1. The van der Waals surface area contributed by atoms with Crippen molar-refractivity contribution in [1.29, 1.82) is 0 Å². The number of aromatic nitrogens is 3. The highest BCUT2D eigenvalue weighted by atomic mass is 32.1. The summed E-state index contributed by atoms with van der Waals surface area (Å²) >= 11 is 1.56. The zero-order valence-electron chi connectivity index (χ0n) is 11.7. The summed E-state index contributed by atoms with van der Waals surface area (Å²) in [5, 5.41) is 9.56. The van der Waals surface area contributed by atoms with Gasteiger partial charge in [0.1, 0.15) is 10.8 Å². The minimum Gasteiger partial charge on any atom is -0.384 e. The summed E-state index contributed by atoms with van der Waals surface area (Å²) in [5.41, 5.74) is 9.98. The number of nitrogens with zero attached hydrogens (tertiary/aromatic N) is 2. The third-order valence-electron chi connectivity index (χ3n) is 3.25. The fraction of sp³-hybridized carbons (Fsp3) is 0.200. The molecule has 21 heavy (non-hydrogen) atoms. The van der Waals surface area contributed by atoms with Crippen molar-refractivity contribution >= 4 is 17.2 Å². The average molecular weight is 300 g/mol. The van der Waals surface area contributed by atoms with Gasteiger partial charge in [-0.1, -0.05) is 24.3 Å². The van der Waals surface area contributed by atoms with E-state index in [1.807, 2.05) is 5.38 Å². The van der Waals surface area contributed by atoms with Gasteiger partial charge >= 0.3 is 0 Å². The first-order valence-corrected chi connectivity index (χ1v) is 7.49. The van der Waals surface area contributed by atoms with Crippen molar-refractivity contribution in [1.82, 2.24) is 15.2 Å². The summed E-state index contributed by atoms with van der Waals surface area (Å²) in [7, 11) is 1.72. The van der Waals surface area contributed by atoms with Crippen molar-refractivity contribution in [2.75, 3.05) is 19.5 Å². The van der Waals surface area contributed by atoms with Crippen molar-refractivity contribution in [3.8, 4) is 21.8 Å². The van der Waals surface area contributed by atoms with Crippen LogP contribution in [0.2, 0.25) is 0 Å². The third-order valence-corrected chi connectivity index (χ3v) is 4.12. The second-order valence-corrected chi connectivity index (χ2v) is 5.53. The van der Waals surface area contributed by atoms with E-state index in [1.54, 1.807) is 24.6 Å². The lowest BCUT2D eigenvalue weighted by atomic mass is 10.1. The van der Waals surface area contributed by atoms with E-state index in [-0.39, 0.29) is 0 Å². The smallest absolute Gasteiger partial charge is 0.129 e. The van der Waals surface area contributed by atoms with Gasteiger partial charge in [0, 0.05) is 18.1 Å². The highest BCUT2D eigenvalue weighted by Gasteiger charge is 2.10. The van der Waals surface area contributed by atoms with E-state index in [9.17, 15) is 0 Å². The van der Waals surface area contributed by atoms with E-state index in [4.69, 9.17) is 10.5 Å². The number of anilines is 1. The molecule has 0 aliphatic heterocycles. The minimum absolute atomic E-state index is 0.547. The Morgan fingerprint density at radius 3 is 2.76 bits per heavy atom. The van der Waals surface area contributed by atoms with Crippen LogP contribution >= 0.6 is 11.3 Å². The van der Waals surface area contributed by atoms with Gasteiger partial charge in [0.2, 0.25) is 0 Å². The molecule has 1 aromatic carbocycles. The molecule has 0 unspecified atom stereocenters. The zero-order chi connectivity index (χ0) is 14.7. The molecule has 0 aliphatic carbocycles. The molecule has 2 heterocycles. The van der Waals surface area contributed by atoms with Crippen LogP contribution < -0.4 is 5.73 Å². The SMILES string of the molecule is COCCc1ccc(-c2csc(-c3cn[nH]c3N)n2)cc1. The predicted octanol–water partition coefficient (Wildman–Crippen LogP) is 2.97. The molecule has 0 saturated heterocycles. The molecule has 0 saturated carbocycles. The van der Waals surface area contributed by atoms with Crippen LogP contribution in [0.5, 0.6) is 0 Å². The highest BCUT2D eigenvalue weighted by molar-refractivity contribution is 7.13. The summed E-state index contributed by atoms with van der Waals surface area (Å²) in [6, 6.07) is 8.39. The number of methoxy groups -OCH3 is 1. The fourth-order valence-corrected chi connectivity index (χ4v) is 2.91. The number of nitrogens with two attached hydrogens (primary N) is 1. The molecule has 0 radical (unpaired) electrons. The molecule has 0 aliphatic rings. The van der Waals surface area contributed by atoms with Crippen molar-refractivity contribution < 1.29 is 4.74 Å². The Balaban J connectivity index is 1.81. The second-order valence-electron chi connectivity index (χ2n) is 4.67. The van der Waals surface area contributed by atoms with Crippen molar-refractivity contribution in [2.24, 2.45) is 0 Å². The number of rotatable bonds is 5. The Morgan fingerprint density at radius 2 is 2.10 bits per heavy atom. The maximum absolute atomic E-state index is 5.82. The number of benzene rings is 1. The molecule has 108 valence electrons. The second kappa shape index (κ2) is 6.07. The van der Waals surface area contributed by atoms with E-state index in [0.717, 1.165) is 34.9 Å². The third kappa shape index (κ3) is 2.96. The molecule has 3 rings (SSSR count). The Bertz CT molecular complexity index is 717. The first-order valence-electron chi connectivity index (χ1n) is 6.61. The zero-order valence-corrected chi connectivity index (χ0v) is 12.5. The lowest BCUT2D eigenvalue weighted by Gasteiger charge is -2.02. The van der Waals surface area contributed by atoms with Crippen LogP contribution in [0.25, 0.3) is 21.8 Å². The number of nitrogens with one attached hydrogen (secondary N) is 1. The summed E-state index contributed by atoms with van der Waals surface area (Å²) in [4.78, 5) is 4.63. The van der Waals surface area contributed by atoms with Crippen molar-refractivity contribution in [3.63, 3.8) is 0 Å². The number of hydrogen-bond acceptors (Lipinski definition) is 5. The van der Waals surface area contributed by atoms with Crippen LogP contribution in [0.4, 0.5) is 5.82 Å². The van der Waals surface area contributed by atoms with Crippen LogP contribution in [0.15, 0.2) is 35.8 Å². The first-order chi connectivity index (χ1) is 10.3. The van der Waals surface area contributed by atoms with Crippen LogP contribution in [0.3, 0.4) is 0 Å². The average Bonchev–Trinajstić information content (AvgIpc) is 3.14. The summed E-state index contributed by atoms with van der Waals surface area (Å²) < 4.78 is 5.09. The van der Waals surface area contributed by atoms with Gasteiger partial charge in [0.05, 0.1) is 24.1 Å². The normalized spacial score (nSPS) is 10.9. The molecule has 3 aromatic rings. The van der Waals surface area contributed by atoms with Crippen LogP contribution in [-0.2, 0) is 11.2 Å². The van der Waals surface area contributed by atoms with E-state index in [2.05, 4.69) is 39.4 Å². The monoisotopic (exact) mass is 300 g/mol. The van der Waals surface area contributed by atoms with Crippen molar-refractivity contribution in [2.45, 2.75) is 6.42 Å². The van der Waals surface area contributed by atoms with Gasteiger partial charge in [-0.15, -0.1) is 11.3 Å². The first kappa shape index (κ1) is 13.8. The minimum atomic E-state index is 0.547. The topological polar surface area (TPSA) is 76.8 Å². The largest absolute Gasteiger partial charge is 0.384 e. The molecule has 0 atom stereocenters. The van der Waals surface area contributed by atoms with E-state index >= 15 is 0 Å². The Labute approximate surface area is 126 Å². The summed E-state index contributed by atoms with van der Waals surface area (Å²) in [6.07, 6.45) is 2.62. The molecule has 0 bridgehead atoms. The quantitative estimate of drug-likeness (QED) is 0.759. The maximum Gasteiger partial charge on any atom is 0.129 e. The lowest BCUT2D eigenvalue weighted by molar-refractivity contribution is 0.202. The number of nitrogen functional groups attached to an aromatic ring is 1. The molecular weight excluding hydrogens is 284 g/mol. The lowest BCUT2D eigenvalue weighted by Crippen LogP contribution is -1.93. The van der Waals surface area contributed by atoms with Gasteiger partial charge in [0.15, 0.2) is 0 Å². The molecule has 0 spiro atoms. The van der Waals surface area contributed by atoms with Gasteiger partial charge in [-0.3, -0.25) is 5.10 Å². The molecule has 3 N–H and O–H groups in total. The molecule has 5 nitrogen and oxygen atoms in total. The Hall–Kier alpha value is -2.18. The molecule has 6 heteroatoms. The van der Waals surface area contributed by atoms with Crippen molar-refractivity contribution in [3.05, 3.63) is 41.4 Å². The van der Waals surface area contributed by atoms with Crippen LogP contribution in [-0.4, -0.2) is 28.9 Å². The Kier molecular flexibility index (Phi) is 3.98. The van der Waals surface area contributed by atoms with E-state index in [0.29, 0.717) is 5.82 Å². The standard InChI is InChI=1S/C15H16N4OS/c1-20-7-6-10-2-4-11(5-3-10)13-9-21-15(18-13)12-8-17-19-14(12)16/h2-5,8-9H,6-7H2,1H3,(H3,16,17,19). The molecule has 0 fully saturated rings. The highest BCUT2D eigenvalue weighted by Crippen LogP contribution is 2.31. The Morgan fingerprint density at radius 1 is 1.29 bits per heavy atom.